The van der Waals surface area contributed by atoms with E-state index in [1.165, 1.54) is 0 Å². The molecule has 3 nitrogen and oxygen atoms in total. The van der Waals surface area contributed by atoms with Crippen molar-refractivity contribution in [3.05, 3.63) is 53.9 Å². The van der Waals surface area contributed by atoms with Crippen LogP contribution in [0.3, 0.4) is 0 Å². The summed E-state index contributed by atoms with van der Waals surface area (Å²) in [5.41, 5.74) is 0.951. The summed E-state index contributed by atoms with van der Waals surface area (Å²) in [4.78, 5) is 0. The van der Waals surface area contributed by atoms with Crippen LogP contribution in [0.4, 0.5) is 0 Å². The number of rotatable bonds is 3. The van der Waals surface area contributed by atoms with Crippen molar-refractivity contribution in [1.82, 2.24) is 9.78 Å². The second-order valence-corrected chi connectivity index (χ2v) is 4.30. The van der Waals surface area contributed by atoms with Gasteiger partial charge < -0.3 is 5.11 Å². The summed E-state index contributed by atoms with van der Waals surface area (Å²) in [5, 5.41) is 14.7. The van der Waals surface area contributed by atoms with Crippen LogP contribution < -0.4 is 0 Å². The van der Waals surface area contributed by atoms with Crippen LogP contribution in [0, 0.1) is 0 Å². The third-order valence-electron chi connectivity index (χ3n) is 2.69. The standard InChI is InChI=1S/C13H16N2O/c1-13(16,11-6-4-3-5-7-11)10-12-8-9-15(2)14-12/h3-9,16H,10H2,1-2H3. The Bertz CT molecular complexity index is 460. The fourth-order valence-corrected chi connectivity index (χ4v) is 1.81. The lowest BCUT2D eigenvalue weighted by atomic mass is 9.91. The van der Waals surface area contributed by atoms with Gasteiger partial charge in [-0.3, -0.25) is 4.68 Å². The van der Waals surface area contributed by atoms with Crippen molar-refractivity contribution in [1.29, 1.82) is 0 Å². The smallest absolute Gasteiger partial charge is 0.0924 e. The molecule has 0 aliphatic carbocycles. The summed E-state index contributed by atoms with van der Waals surface area (Å²) < 4.78 is 1.75. The van der Waals surface area contributed by atoms with Gasteiger partial charge in [0.05, 0.1) is 11.3 Å². The van der Waals surface area contributed by atoms with E-state index in [0.717, 1.165) is 11.3 Å². The van der Waals surface area contributed by atoms with Gasteiger partial charge in [-0.15, -0.1) is 0 Å². The summed E-state index contributed by atoms with van der Waals surface area (Å²) in [6.07, 6.45) is 2.41. The average molecular weight is 216 g/mol. The Balaban J connectivity index is 2.20. The van der Waals surface area contributed by atoms with Crippen LogP contribution in [0.25, 0.3) is 0 Å². The van der Waals surface area contributed by atoms with Gasteiger partial charge in [0.25, 0.3) is 0 Å². The first-order valence-corrected chi connectivity index (χ1v) is 5.34. The molecule has 2 rings (SSSR count). The molecule has 0 saturated heterocycles. The Morgan fingerprint density at radius 3 is 2.50 bits per heavy atom. The maximum absolute atomic E-state index is 10.4. The number of hydrogen-bond acceptors (Lipinski definition) is 2. The first-order valence-electron chi connectivity index (χ1n) is 5.34. The first kappa shape index (κ1) is 10.9. The molecule has 1 unspecified atom stereocenters. The lowest BCUT2D eigenvalue weighted by molar-refractivity contribution is 0.0565. The number of aromatic nitrogens is 2. The minimum atomic E-state index is -0.865. The van der Waals surface area contributed by atoms with E-state index in [9.17, 15) is 5.11 Å². The third kappa shape index (κ3) is 2.31. The highest BCUT2D eigenvalue weighted by atomic mass is 16.3. The Labute approximate surface area is 95.3 Å². The summed E-state index contributed by atoms with van der Waals surface area (Å²) in [7, 11) is 1.88. The molecule has 0 saturated carbocycles. The van der Waals surface area contributed by atoms with E-state index < -0.39 is 5.60 Å². The Morgan fingerprint density at radius 1 is 1.25 bits per heavy atom. The monoisotopic (exact) mass is 216 g/mol. The zero-order chi connectivity index (χ0) is 11.6. The molecule has 1 aromatic heterocycles. The first-order chi connectivity index (χ1) is 7.58. The number of aliphatic hydroxyl groups is 1. The van der Waals surface area contributed by atoms with Crippen molar-refractivity contribution in [2.75, 3.05) is 0 Å². The molecular formula is C13H16N2O. The van der Waals surface area contributed by atoms with Gasteiger partial charge in [0.15, 0.2) is 0 Å². The zero-order valence-corrected chi connectivity index (χ0v) is 9.59. The molecule has 0 bridgehead atoms. The summed E-state index contributed by atoms with van der Waals surface area (Å²) in [5.74, 6) is 0. The number of nitrogens with zero attached hydrogens (tertiary/aromatic N) is 2. The van der Waals surface area contributed by atoms with Gasteiger partial charge in [0.2, 0.25) is 0 Å². The van der Waals surface area contributed by atoms with E-state index in [0.29, 0.717) is 6.42 Å². The number of benzene rings is 1. The molecule has 2 aromatic rings. The molecule has 0 aliphatic rings. The molecule has 84 valence electrons. The van der Waals surface area contributed by atoms with Crippen molar-refractivity contribution in [2.24, 2.45) is 7.05 Å². The van der Waals surface area contributed by atoms with Crippen LogP contribution in [0.5, 0.6) is 0 Å². The van der Waals surface area contributed by atoms with Crippen LogP contribution >= 0.6 is 0 Å². The molecule has 1 aromatic carbocycles. The topological polar surface area (TPSA) is 38.0 Å². The van der Waals surface area contributed by atoms with Crippen molar-refractivity contribution in [2.45, 2.75) is 18.9 Å². The Hall–Kier alpha value is -1.61. The van der Waals surface area contributed by atoms with Crippen LogP contribution in [-0.2, 0) is 19.1 Å². The predicted molar refractivity (Wildman–Crippen MR) is 62.9 cm³/mol. The van der Waals surface area contributed by atoms with Crippen molar-refractivity contribution in [3.8, 4) is 0 Å². The average Bonchev–Trinajstić information content (AvgIpc) is 2.64. The second-order valence-electron chi connectivity index (χ2n) is 4.30. The van der Waals surface area contributed by atoms with Crippen LogP contribution in [0.1, 0.15) is 18.2 Å². The molecule has 1 heterocycles. The van der Waals surface area contributed by atoms with Crippen molar-refractivity contribution in [3.63, 3.8) is 0 Å². The number of hydrogen-bond donors (Lipinski definition) is 1. The van der Waals surface area contributed by atoms with Crippen LogP contribution in [0.15, 0.2) is 42.6 Å². The molecule has 0 spiro atoms. The molecule has 0 aliphatic heterocycles. The Morgan fingerprint density at radius 2 is 1.94 bits per heavy atom. The maximum atomic E-state index is 10.4. The lowest BCUT2D eigenvalue weighted by Crippen LogP contribution is -2.24. The maximum Gasteiger partial charge on any atom is 0.0924 e. The van der Waals surface area contributed by atoms with E-state index in [2.05, 4.69) is 5.10 Å². The van der Waals surface area contributed by atoms with Crippen molar-refractivity contribution < 1.29 is 5.11 Å². The van der Waals surface area contributed by atoms with E-state index in [1.807, 2.05) is 56.6 Å². The normalized spacial score (nSPS) is 14.7. The Kier molecular flexibility index (Phi) is 2.79. The summed E-state index contributed by atoms with van der Waals surface area (Å²) in [6, 6.07) is 11.6. The molecule has 0 fully saturated rings. The summed E-state index contributed by atoms with van der Waals surface area (Å²) >= 11 is 0. The highest BCUT2D eigenvalue weighted by molar-refractivity contribution is 5.23. The van der Waals surface area contributed by atoms with Crippen LogP contribution in [-0.4, -0.2) is 14.9 Å². The lowest BCUT2D eigenvalue weighted by Gasteiger charge is -2.22. The quantitative estimate of drug-likeness (QED) is 0.850. The number of aryl methyl sites for hydroxylation is 1. The molecule has 1 N–H and O–H groups in total. The predicted octanol–water partition coefficient (Wildman–Crippen LogP) is 1.87. The van der Waals surface area contributed by atoms with Gasteiger partial charge in [0.1, 0.15) is 0 Å². The third-order valence-corrected chi connectivity index (χ3v) is 2.69. The minimum absolute atomic E-state index is 0.526. The molecule has 0 amide bonds. The highest BCUT2D eigenvalue weighted by Crippen LogP contribution is 2.24. The fraction of sp³-hybridized carbons (Fsp3) is 0.308. The van der Waals surface area contributed by atoms with Gasteiger partial charge in [-0.2, -0.15) is 5.10 Å². The molecular weight excluding hydrogens is 200 g/mol. The van der Waals surface area contributed by atoms with E-state index in [4.69, 9.17) is 0 Å². The van der Waals surface area contributed by atoms with Gasteiger partial charge in [-0.1, -0.05) is 30.3 Å². The van der Waals surface area contributed by atoms with Gasteiger partial charge in [-0.05, 0) is 18.6 Å². The van der Waals surface area contributed by atoms with E-state index in [1.54, 1.807) is 4.68 Å². The van der Waals surface area contributed by atoms with Gasteiger partial charge in [0, 0.05) is 19.7 Å². The fourth-order valence-electron chi connectivity index (χ4n) is 1.81. The SMILES string of the molecule is Cn1ccc(CC(C)(O)c2ccccc2)n1. The minimum Gasteiger partial charge on any atom is -0.385 e. The van der Waals surface area contributed by atoms with E-state index >= 15 is 0 Å². The van der Waals surface area contributed by atoms with E-state index in [-0.39, 0.29) is 0 Å². The van der Waals surface area contributed by atoms with Gasteiger partial charge in [-0.25, -0.2) is 0 Å². The van der Waals surface area contributed by atoms with Crippen LogP contribution in [0.2, 0.25) is 0 Å². The summed E-state index contributed by atoms with van der Waals surface area (Å²) in [6.45, 7) is 1.82. The largest absolute Gasteiger partial charge is 0.385 e. The molecule has 16 heavy (non-hydrogen) atoms. The molecule has 3 heteroatoms. The van der Waals surface area contributed by atoms with Crippen molar-refractivity contribution >= 4 is 0 Å². The highest BCUT2D eigenvalue weighted by Gasteiger charge is 2.24. The molecule has 1 atom stereocenters. The van der Waals surface area contributed by atoms with Gasteiger partial charge >= 0.3 is 0 Å². The zero-order valence-electron chi connectivity index (χ0n) is 9.59. The molecule has 0 radical (unpaired) electrons. The second kappa shape index (κ2) is 4.10.